The van der Waals surface area contributed by atoms with Gasteiger partial charge in [0.25, 0.3) is 0 Å². The number of halogens is 1. The predicted octanol–water partition coefficient (Wildman–Crippen LogP) is 3.09. The van der Waals surface area contributed by atoms with Crippen LogP contribution in [0.25, 0.3) is 6.08 Å². The number of carbonyl (C=O) groups excluding carboxylic acids is 1. The van der Waals surface area contributed by atoms with Crippen molar-refractivity contribution in [3.05, 3.63) is 70.0 Å². The van der Waals surface area contributed by atoms with Crippen molar-refractivity contribution in [3.8, 4) is 5.75 Å². The summed E-state index contributed by atoms with van der Waals surface area (Å²) >= 11 is 0. The molecule has 0 aromatic heterocycles. The molecule has 0 aliphatic carbocycles. The second-order valence-corrected chi connectivity index (χ2v) is 4.34. The molecule has 1 amide bonds. The van der Waals surface area contributed by atoms with Gasteiger partial charge in [0.1, 0.15) is 5.75 Å². The Morgan fingerprint density at radius 3 is 2.50 bits per heavy atom. The smallest absolute Gasteiger partial charge is 0.304 e. The van der Waals surface area contributed by atoms with Crippen molar-refractivity contribution in [2.45, 2.75) is 0 Å². The first-order chi connectivity index (χ1) is 10.5. The molecule has 0 saturated heterocycles. The summed E-state index contributed by atoms with van der Waals surface area (Å²) in [6.45, 7) is 0. The first-order valence-electron chi connectivity index (χ1n) is 6.18. The molecular weight excluding hydrogens is 291 g/mol. The van der Waals surface area contributed by atoms with Crippen molar-refractivity contribution in [1.29, 1.82) is 0 Å². The summed E-state index contributed by atoms with van der Waals surface area (Å²) in [5.74, 6) is -1.42. The number of nitro benzene ring substituents is 1. The molecule has 0 atom stereocenters. The standard InChI is InChI=1S/C15H11FN2O4/c16-13-9-11(4-7-14(13)18(21)22)17-15(20)8-3-10-1-5-12(19)6-2-10/h1-9,19H,(H,17,20)/b8-3+. The van der Waals surface area contributed by atoms with Crippen LogP contribution >= 0.6 is 0 Å². The topological polar surface area (TPSA) is 92.5 Å². The number of nitrogens with one attached hydrogen (secondary N) is 1. The second kappa shape index (κ2) is 6.49. The van der Waals surface area contributed by atoms with Gasteiger partial charge in [0.2, 0.25) is 11.7 Å². The average molecular weight is 302 g/mol. The number of hydrogen-bond acceptors (Lipinski definition) is 4. The van der Waals surface area contributed by atoms with Crippen LogP contribution in [0.2, 0.25) is 0 Å². The quantitative estimate of drug-likeness (QED) is 0.515. The van der Waals surface area contributed by atoms with E-state index in [9.17, 15) is 19.3 Å². The van der Waals surface area contributed by atoms with Crippen molar-refractivity contribution in [3.63, 3.8) is 0 Å². The minimum absolute atomic E-state index is 0.114. The summed E-state index contributed by atoms with van der Waals surface area (Å²) < 4.78 is 13.4. The number of benzene rings is 2. The molecule has 2 aromatic rings. The third kappa shape index (κ3) is 3.89. The molecule has 0 aliphatic heterocycles. The minimum Gasteiger partial charge on any atom is -0.508 e. The fraction of sp³-hybridized carbons (Fsp3) is 0. The SMILES string of the molecule is O=C(/C=C/c1ccc(O)cc1)Nc1ccc([N+](=O)[O-])c(F)c1. The fourth-order valence-electron chi connectivity index (χ4n) is 1.67. The van der Waals surface area contributed by atoms with E-state index < -0.39 is 22.3 Å². The Morgan fingerprint density at radius 2 is 1.91 bits per heavy atom. The lowest BCUT2D eigenvalue weighted by Crippen LogP contribution is -2.08. The lowest BCUT2D eigenvalue weighted by Gasteiger charge is -2.02. The number of rotatable bonds is 4. The predicted molar refractivity (Wildman–Crippen MR) is 78.8 cm³/mol. The lowest BCUT2D eigenvalue weighted by atomic mass is 10.2. The summed E-state index contributed by atoms with van der Waals surface area (Å²) in [6, 6.07) is 9.29. The Hall–Kier alpha value is -3.22. The minimum atomic E-state index is -1.02. The lowest BCUT2D eigenvalue weighted by molar-refractivity contribution is -0.387. The van der Waals surface area contributed by atoms with E-state index in [-0.39, 0.29) is 11.4 Å². The van der Waals surface area contributed by atoms with E-state index in [4.69, 9.17) is 5.11 Å². The number of nitrogens with zero attached hydrogens (tertiary/aromatic N) is 1. The number of amides is 1. The molecule has 0 unspecified atom stereocenters. The second-order valence-electron chi connectivity index (χ2n) is 4.34. The highest BCUT2D eigenvalue weighted by Gasteiger charge is 2.14. The normalized spacial score (nSPS) is 10.6. The molecule has 2 rings (SSSR count). The zero-order valence-electron chi connectivity index (χ0n) is 11.2. The third-order valence-corrected chi connectivity index (χ3v) is 2.73. The molecule has 22 heavy (non-hydrogen) atoms. The largest absolute Gasteiger partial charge is 0.508 e. The van der Waals surface area contributed by atoms with Crippen LogP contribution in [0.3, 0.4) is 0 Å². The third-order valence-electron chi connectivity index (χ3n) is 2.73. The monoisotopic (exact) mass is 302 g/mol. The summed E-state index contributed by atoms with van der Waals surface area (Å²) in [5, 5.41) is 22.0. The van der Waals surface area contributed by atoms with Crippen LogP contribution in [0, 0.1) is 15.9 Å². The molecule has 0 heterocycles. The zero-order valence-corrected chi connectivity index (χ0v) is 11.2. The Kier molecular flexibility index (Phi) is 4.47. The first kappa shape index (κ1) is 15.2. The highest BCUT2D eigenvalue weighted by molar-refractivity contribution is 6.01. The molecule has 2 aromatic carbocycles. The number of hydrogen-bond donors (Lipinski definition) is 2. The van der Waals surface area contributed by atoms with Crippen LogP contribution in [-0.2, 0) is 4.79 Å². The number of aromatic hydroxyl groups is 1. The van der Waals surface area contributed by atoms with Gasteiger partial charge in [0, 0.05) is 23.9 Å². The van der Waals surface area contributed by atoms with Crippen LogP contribution in [0.5, 0.6) is 5.75 Å². The Labute approximate surface area is 124 Å². The number of carbonyl (C=O) groups is 1. The van der Waals surface area contributed by atoms with Gasteiger partial charge in [-0.05, 0) is 29.8 Å². The number of phenols is 1. The van der Waals surface area contributed by atoms with Gasteiger partial charge in [-0.2, -0.15) is 4.39 Å². The van der Waals surface area contributed by atoms with Gasteiger partial charge in [-0.25, -0.2) is 0 Å². The molecule has 7 heteroatoms. The molecule has 112 valence electrons. The van der Waals surface area contributed by atoms with Gasteiger partial charge in [0.15, 0.2) is 0 Å². The average Bonchev–Trinajstić information content (AvgIpc) is 2.46. The van der Waals surface area contributed by atoms with E-state index in [0.717, 1.165) is 12.1 Å². The molecule has 2 N–H and O–H groups in total. The maximum atomic E-state index is 13.4. The van der Waals surface area contributed by atoms with E-state index in [1.807, 2.05) is 0 Å². The van der Waals surface area contributed by atoms with Gasteiger partial charge in [0.05, 0.1) is 4.92 Å². The van der Waals surface area contributed by atoms with Gasteiger partial charge in [-0.3, -0.25) is 14.9 Å². The molecular formula is C15H11FN2O4. The molecule has 6 nitrogen and oxygen atoms in total. The van der Waals surface area contributed by atoms with Crippen molar-refractivity contribution in [2.75, 3.05) is 5.32 Å². The van der Waals surface area contributed by atoms with Crippen LogP contribution in [0.4, 0.5) is 15.8 Å². The van der Waals surface area contributed by atoms with Gasteiger partial charge in [-0.1, -0.05) is 12.1 Å². The first-order valence-corrected chi connectivity index (χ1v) is 6.18. The van der Waals surface area contributed by atoms with E-state index in [0.29, 0.717) is 5.56 Å². The van der Waals surface area contributed by atoms with Gasteiger partial charge >= 0.3 is 5.69 Å². The van der Waals surface area contributed by atoms with Crippen LogP contribution in [0.1, 0.15) is 5.56 Å². The highest BCUT2D eigenvalue weighted by Crippen LogP contribution is 2.20. The van der Waals surface area contributed by atoms with Crippen molar-refractivity contribution in [2.24, 2.45) is 0 Å². The zero-order chi connectivity index (χ0) is 16.1. The summed E-state index contributed by atoms with van der Waals surface area (Å²) in [5.41, 5.74) is 0.156. The molecule has 0 saturated carbocycles. The number of nitro groups is 1. The van der Waals surface area contributed by atoms with Crippen molar-refractivity contribution < 1.29 is 19.2 Å². The van der Waals surface area contributed by atoms with Crippen LogP contribution in [-0.4, -0.2) is 15.9 Å². The highest BCUT2D eigenvalue weighted by atomic mass is 19.1. The Bertz CT molecular complexity index is 742. The van der Waals surface area contributed by atoms with E-state index in [1.165, 1.54) is 30.4 Å². The molecule has 0 aliphatic rings. The van der Waals surface area contributed by atoms with E-state index in [2.05, 4.69) is 5.32 Å². The molecule has 0 bridgehead atoms. The maximum absolute atomic E-state index is 13.4. The molecule has 0 spiro atoms. The Morgan fingerprint density at radius 1 is 1.23 bits per heavy atom. The molecule has 0 fully saturated rings. The number of anilines is 1. The van der Waals surface area contributed by atoms with Gasteiger partial charge in [-0.15, -0.1) is 0 Å². The van der Waals surface area contributed by atoms with Crippen molar-refractivity contribution in [1.82, 2.24) is 0 Å². The molecule has 0 radical (unpaired) electrons. The Balaban J connectivity index is 2.04. The van der Waals surface area contributed by atoms with Gasteiger partial charge < -0.3 is 10.4 Å². The summed E-state index contributed by atoms with van der Waals surface area (Å²) in [7, 11) is 0. The van der Waals surface area contributed by atoms with E-state index in [1.54, 1.807) is 12.1 Å². The van der Waals surface area contributed by atoms with Crippen LogP contribution in [0.15, 0.2) is 48.5 Å². The van der Waals surface area contributed by atoms with Crippen LogP contribution < -0.4 is 5.32 Å². The maximum Gasteiger partial charge on any atom is 0.304 e. The summed E-state index contributed by atoms with van der Waals surface area (Å²) in [6.07, 6.45) is 2.74. The van der Waals surface area contributed by atoms with E-state index >= 15 is 0 Å². The van der Waals surface area contributed by atoms with Crippen molar-refractivity contribution >= 4 is 23.4 Å². The number of phenolic OH excluding ortho intramolecular Hbond substituents is 1. The fourth-order valence-corrected chi connectivity index (χ4v) is 1.67. The summed E-state index contributed by atoms with van der Waals surface area (Å²) in [4.78, 5) is 21.3.